The zero-order valence-corrected chi connectivity index (χ0v) is 5.98. The average Bonchev–Trinajstić information content (AvgIpc) is 1.89. The van der Waals surface area contributed by atoms with Gasteiger partial charge in [0, 0.05) is 14.2 Å². The lowest BCUT2D eigenvalue weighted by Gasteiger charge is -2.22. The molecule has 0 aliphatic heterocycles. The highest BCUT2D eigenvalue weighted by molar-refractivity contribution is 4.72. The van der Waals surface area contributed by atoms with Gasteiger partial charge in [0.1, 0.15) is 0 Å². The lowest BCUT2D eigenvalue weighted by molar-refractivity contribution is -0.278. The van der Waals surface area contributed by atoms with Crippen molar-refractivity contribution >= 4 is 0 Å². The molecule has 0 atom stereocenters. The van der Waals surface area contributed by atoms with Crippen LogP contribution in [0.15, 0.2) is 0 Å². The molecule has 0 aromatic heterocycles. The van der Waals surface area contributed by atoms with Crippen LogP contribution >= 0.6 is 0 Å². The van der Waals surface area contributed by atoms with Gasteiger partial charge in [0.25, 0.3) is 0 Å². The fourth-order valence-corrected chi connectivity index (χ4v) is 0.513. The molecule has 0 saturated heterocycles. The Hall–Kier alpha value is -0.360. The summed E-state index contributed by atoms with van der Waals surface area (Å²) in [7, 11) is 1.73. The van der Waals surface area contributed by atoms with E-state index in [9.17, 15) is 17.6 Å². The standard InChI is InChI=1S/C5H8F4O2/c1-10-4(11-2)5(8,9)3(6)7/h3-4H,1-2H3. The summed E-state index contributed by atoms with van der Waals surface area (Å²) >= 11 is 0. The van der Waals surface area contributed by atoms with Gasteiger partial charge < -0.3 is 9.47 Å². The van der Waals surface area contributed by atoms with Gasteiger partial charge in [-0.25, -0.2) is 8.78 Å². The third-order valence-electron chi connectivity index (χ3n) is 1.03. The third-order valence-corrected chi connectivity index (χ3v) is 1.03. The predicted octanol–water partition coefficient (Wildman–Crippen LogP) is 1.51. The highest BCUT2D eigenvalue weighted by Crippen LogP contribution is 2.28. The highest BCUT2D eigenvalue weighted by atomic mass is 19.3. The Morgan fingerprint density at radius 3 is 1.55 bits per heavy atom. The molecule has 0 bridgehead atoms. The van der Waals surface area contributed by atoms with Crippen molar-refractivity contribution in [2.24, 2.45) is 0 Å². The van der Waals surface area contributed by atoms with Gasteiger partial charge in [-0.15, -0.1) is 0 Å². The zero-order chi connectivity index (χ0) is 9.07. The maximum atomic E-state index is 12.2. The van der Waals surface area contributed by atoms with Crippen LogP contribution in [-0.4, -0.2) is 32.9 Å². The molecular weight excluding hydrogens is 168 g/mol. The maximum Gasteiger partial charge on any atom is 0.356 e. The van der Waals surface area contributed by atoms with Crippen LogP contribution in [0, 0.1) is 0 Å². The summed E-state index contributed by atoms with van der Waals surface area (Å²) in [6, 6.07) is 0. The van der Waals surface area contributed by atoms with Crippen LogP contribution in [0.1, 0.15) is 0 Å². The van der Waals surface area contributed by atoms with Crippen LogP contribution in [-0.2, 0) is 9.47 Å². The van der Waals surface area contributed by atoms with E-state index in [1.54, 1.807) is 0 Å². The van der Waals surface area contributed by atoms with E-state index in [0.717, 1.165) is 14.2 Å². The van der Waals surface area contributed by atoms with Crippen molar-refractivity contribution in [3.8, 4) is 0 Å². The molecule has 6 heteroatoms. The van der Waals surface area contributed by atoms with Crippen LogP contribution in [0.3, 0.4) is 0 Å². The van der Waals surface area contributed by atoms with E-state index in [1.165, 1.54) is 0 Å². The molecule has 0 N–H and O–H groups in total. The molecule has 0 aliphatic rings. The first-order chi connectivity index (χ1) is 4.96. The molecule has 11 heavy (non-hydrogen) atoms. The van der Waals surface area contributed by atoms with E-state index in [1.807, 2.05) is 0 Å². The molecule has 0 unspecified atom stereocenters. The smallest absolute Gasteiger partial charge is 0.350 e. The molecule has 0 aromatic carbocycles. The summed E-state index contributed by atoms with van der Waals surface area (Å²) in [6.07, 6.45) is -5.98. The number of hydrogen-bond donors (Lipinski definition) is 0. The largest absolute Gasteiger partial charge is 0.356 e. The average molecular weight is 176 g/mol. The highest BCUT2D eigenvalue weighted by Gasteiger charge is 2.49. The molecule has 0 rings (SSSR count). The van der Waals surface area contributed by atoms with Gasteiger partial charge in [-0.3, -0.25) is 0 Å². The topological polar surface area (TPSA) is 18.5 Å². The Morgan fingerprint density at radius 1 is 1.09 bits per heavy atom. The molecule has 0 fully saturated rings. The first-order valence-electron chi connectivity index (χ1n) is 2.68. The Kier molecular flexibility index (Phi) is 3.74. The Labute approximate surface area is 61.1 Å². The summed E-state index contributed by atoms with van der Waals surface area (Å²) < 4.78 is 55.4. The summed E-state index contributed by atoms with van der Waals surface area (Å²) in [5.74, 6) is -4.26. The van der Waals surface area contributed by atoms with Crippen LogP contribution in [0.2, 0.25) is 0 Å². The molecular formula is C5H8F4O2. The van der Waals surface area contributed by atoms with Crippen molar-refractivity contribution in [3.63, 3.8) is 0 Å². The monoisotopic (exact) mass is 176 g/mol. The fraction of sp³-hybridized carbons (Fsp3) is 1.00. The van der Waals surface area contributed by atoms with E-state index in [2.05, 4.69) is 9.47 Å². The van der Waals surface area contributed by atoms with Crippen molar-refractivity contribution in [1.82, 2.24) is 0 Å². The minimum Gasteiger partial charge on any atom is -0.350 e. The summed E-state index contributed by atoms with van der Waals surface area (Å²) in [4.78, 5) is 0. The zero-order valence-electron chi connectivity index (χ0n) is 5.98. The van der Waals surface area contributed by atoms with E-state index in [0.29, 0.717) is 0 Å². The van der Waals surface area contributed by atoms with E-state index in [4.69, 9.17) is 0 Å². The Bertz CT molecular complexity index is 113. The molecule has 0 radical (unpaired) electrons. The Balaban J connectivity index is 4.24. The second-order valence-electron chi connectivity index (χ2n) is 1.78. The van der Waals surface area contributed by atoms with E-state index in [-0.39, 0.29) is 0 Å². The van der Waals surface area contributed by atoms with Crippen molar-refractivity contribution in [3.05, 3.63) is 0 Å². The van der Waals surface area contributed by atoms with Crippen molar-refractivity contribution < 1.29 is 27.0 Å². The molecule has 0 spiro atoms. The number of alkyl halides is 4. The van der Waals surface area contributed by atoms with Gasteiger partial charge in [0.15, 0.2) is 0 Å². The van der Waals surface area contributed by atoms with Crippen molar-refractivity contribution in [1.29, 1.82) is 0 Å². The second kappa shape index (κ2) is 3.87. The predicted molar refractivity (Wildman–Crippen MR) is 28.8 cm³/mol. The van der Waals surface area contributed by atoms with Crippen LogP contribution in [0.25, 0.3) is 0 Å². The SMILES string of the molecule is COC(OC)C(F)(F)C(F)F. The first-order valence-corrected chi connectivity index (χ1v) is 2.68. The van der Waals surface area contributed by atoms with Crippen LogP contribution < -0.4 is 0 Å². The molecule has 0 amide bonds. The number of hydrogen-bond acceptors (Lipinski definition) is 2. The Morgan fingerprint density at radius 2 is 1.45 bits per heavy atom. The van der Waals surface area contributed by atoms with Crippen LogP contribution in [0.5, 0.6) is 0 Å². The van der Waals surface area contributed by atoms with Crippen LogP contribution in [0.4, 0.5) is 17.6 Å². The van der Waals surface area contributed by atoms with Gasteiger partial charge in [0.2, 0.25) is 6.29 Å². The molecule has 0 aromatic rings. The molecule has 0 saturated carbocycles. The number of halogens is 4. The number of methoxy groups -OCH3 is 2. The first kappa shape index (κ1) is 10.6. The molecule has 2 nitrogen and oxygen atoms in total. The summed E-state index contributed by atoms with van der Waals surface area (Å²) in [5, 5.41) is 0. The normalized spacial score (nSPS) is 13.1. The fourth-order valence-electron chi connectivity index (χ4n) is 0.513. The molecule has 0 heterocycles. The van der Waals surface area contributed by atoms with Gasteiger partial charge in [-0.2, -0.15) is 8.78 Å². The summed E-state index contributed by atoms with van der Waals surface area (Å²) in [5.41, 5.74) is 0. The lowest BCUT2D eigenvalue weighted by atomic mass is 10.3. The number of ether oxygens (including phenoxy) is 2. The quantitative estimate of drug-likeness (QED) is 0.477. The summed E-state index contributed by atoms with van der Waals surface area (Å²) in [6.45, 7) is 0. The third kappa shape index (κ3) is 2.30. The van der Waals surface area contributed by atoms with Gasteiger partial charge in [0.05, 0.1) is 0 Å². The molecule has 68 valence electrons. The minimum absolute atomic E-state index is 0.866. The van der Waals surface area contributed by atoms with Crippen molar-refractivity contribution in [2.75, 3.05) is 14.2 Å². The van der Waals surface area contributed by atoms with Gasteiger partial charge >= 0.3 is 12.3 Å². The second-order valence-corrected chi connectivity index (χ2v) is 1.78. The number of rotatable bonds is 4. The molecule has 0 aliphatic carbocycles. The van der Waals surface area contributed by atoms with Gasteiger partial charge in [-0.1, -0.05) is 0 Å². The van der Waals surface area contributed by atoms with Gasteiger partial charge in [-0.05, 0) is 0 Å². The van der Waals surface area contributed by atoms with E-state index >= 15 is 0 Å². The lowest BCUT2D eigenvalue weighted by Crippen LogP contribution is -2.42. The maximum absolute atomic E-state index is 12.2. The van der Waals surface area contributed by atoms with Crippen molar-refractivity contribution in [2.45, 2.75) is 18.6 Å². The minimum atomic E-state index is -4.26. The van der Waals surface area contributed by atoms with E-state index < -0.39 is 18.6 Å².